The minimum Gasteiger partial charge on any atom is -0.435 e. The molecule has 3 unspecified atom stereocenters. The van der Waals surface area contributed by atoms with E-state index in [1.165, 1.54) is 17.6 Å². The molecule has 0 heterocycles. The van der Waals surface area contributed by atoms with Crippen LogP contribution in [0.25, 0.3) is 0 Å². The van der Waals surface area contributed by atoms with Crippen LogP contribution in [0.4, 0.5) is 4.79 Å². The molecule has 4 heteroatoms. The molecule has 4 aliphatic rings. The van der Waals surface area contributed by atoms with E-state index in [1.807, 2.05) is 6.08 Å². The number of allylic oxidation sites excluding steroid dienone is 6. The Morgan fingerprint density at radius 2 is 2.07 bits per heavy atom. The van der Waals surface area contributed by atoms with Crippen LogP contribution in [0, 0.1) is 34.5 Å². The van der Waals surface area contributed by atoms with Crippen LogP contribution in [0.15, 0.2) is 47.6 Å². The summed E-state index contributed by atoms with van der Waals surface area (Å²) in [7, 11) is 0. The summed E-state index contributed by atoms with van der Waals surface area (Å²) in [5.74, 6) is 2.06. The summed E-state index contributed by atoms with van der Waals surface area (Å²) in [5, 5.41) is 0. The Morgan fingerprint density at radius 1 is 1.30 bits per heavy atom. The van der Waals surface area contributed by atoms with Crippen LogP contribution < -0.4 is 0 Å². The summed E-state index contributed by atoms with van der Waals surface area (Å²) in [6, 6.07) is 0. The van der Waals surface area contributed by atoms with Gasteiger partial charge in [-0.25, -0.2) is 4.79 Å². The van der Waals surface area contributed by atoms with Gasteiger partial charge in [-0.15, -0.1) is 0 Å². The standard InChI is InChI=1S/C26H34O4/c1-6-29-24(28)30-15-17(3)23-16(2)13-22-20-8-7-18-14-19(27)9-11-25(18,4)21(20)10-12-26(22,23)5/h9-11,14,16,20,22-23H,3,6-8,12-13,15H2,1-2,4-5H3/t16-,20?,22?,23?,25-,26-/m0/s1. The van der Waals surface area contributed by atoms with Gasteiger partial charge in [-0.2, -0.15) is 0 Å². The van der Waals surface area contributed by atoms with Crippen molar-refractivity contribution < 1.29 is 19.1 Å². The zero-order valence-electron chi connectivity index (χ0n) is 18.7. The van der Waals surface area contributed by atoms with Crippen LogP contribution in [0.3, 0.4) is 0 Å². The van der Waals surface area contributed by atoms with Crippen molar-refractivity contribution in [3.05, 3.63) is 47.6 Å². The van der Waals surface area contributed by atoms with Crippen molar-refractivity contribution in [3.8, 4) is 0 Å². The largest absolute Gasteiger partial charge is 0.508 e. The van der Waals surface area contributed by atoms with Crippen molar-refractivity contribution in [2.24, 2.45) is 34.5 Å². The summed E-state index contributed by atoms with van der Waals surface area (Å²) >= 11 is 0. The number of carbonyl (C=O) groups is 2. The molecule has 0 aromatic carbocycles. The van der Waals surface area contributed by atoms with Crippen LogP contribution >= 0.6 is 0 Å². The lowest BCUT2D eigenvalue weighted by Gasteiger charge is -2.52. The summed E-state index contributed by atoms with van der Waals surface area (Å²) in [6.45, 7) is 13.7. The SMILES string of the molecule is C=C(COC(=O)OCC)C1[C@@H](C)CC2C3CCC4=CC(=O)C=C[C@]4(C)C3=CC[C@@]21C. The molecule has 0 aromatic heterocycles. The van der Waals surface area contributed by atoms with E-state index in [1.54, 1.807) is 13.0 Å². The Balaban J connectivity index is 1.59. The van der Waals surface area contributed by atoms with Gasteiger partial charge >= 0.3 is 6.16 Å². The Bertz CT molecular complexity index is 862. The monoisotopic (exact) mass is 410 g/mol. The van der Waals surface area contributed by atoms with Gasteiger partial charge in [0.15, 0.2) is 5.78 Å². The lowest BCUT2D eigenvalue weighted by Crippen LogP contribution is -2.44. The van der Waals surface area contributed by atoms with Gasteiger partial charge in [-0.05, 0) is 86.3 Å². The topological polar surface area (TPSA) is 52.6 Å². The molecular formula is C26H34O4. The second-order valence-corrected chi connectivity index (χ2v) is 10.0. The third-order valence-corrected chi connectivity index (χ3v) is 8.37. The third kappa shape index (κ3) is 3.19. The van der Waals surface area contributed by atoms with Gasteiger partial charge in [0.1, 0.15) is 6.61 Å². The predicted octanol–water partition coefficient (Wildman–Crippen LogP) is 5.81. The molecule has 0 aromatic rings. The van der Waals surface area contributed by atoms with E-state index < -0.39 is 6.16 Å². The van der Waals surface area contributed by atoms with Crippen molar-refractivity contribution in [3.63, 3.8) is 0 Å². The summed E-state index contributed by atoms with van der Waals surface area (Å²) in [5.41, 5.74) is 3.80. The zero-order valence-corrected chi connectivity index (χ0v) is 18.7. The maximum atomic E-state index is 11.9. The maximum Gasteiger partial charge on any atom is 0.508 e. The fourth-order valence-corrected chi connectivity index (χ4v) is 7.16. The van der Waals surface area contributed by atoms with Gasteiger partial charge < -0.3 is 9.47 Å². The first-order valence-corrected chi connectivity index (χ1v) is 11.3. The Morgan fingerprint density at radius 3 is 2.80 bits per heavy atom. The molecule has 0 bridgehead atoms. The number of rotatable bonds is 4. The first-order chi connectivity index (χ1) is 14.2. The number of fused-ring (bicyclic) bond motifs is 5. The zero-order chi connectivity index (χ0) is 21.7. The number of hydrogen-bond acceptors (Lipinski definition) is 4. The predicted molar refractivity (Wildman–Crippen MR) is 117 cm³/mol. The lowest BCUT2D eigenvalue weighted by atomic mass is 9.52. The first-order valence-electron chi connectivity index (χ1n) is 11.3. The van der Waals surface area contributed by atoms with Crippen molar-refractivity contribution in [1.82, 2.24) is 0 Å². The average molecular weight is 411 g/mol. The molecule has 0 spiro atoms. The van der Waals surface area contributed by atoms with E-state index >= 15 is 0 Å². The van der Waals surface area contributed by atoms with Gasteiger partial charge in [0, 0.05) is 5.41 Å². The van der Waals surface area contributed by atoms with E-state index in [2.05, 4.69) is 39.5 Å². The molecule has 2 saturated carbocycles. The Kier molecular flexibility index (Phi) is 5.32. The molecule has 0 N–H and O–H groups in total. The third-order valence-electron chi connectivity index (χ3n) is 8.37. The van der Waals surface area contributed by atoms with E-state index in [0.29, 0.717) is 30.3 Å². The maximum absolute atomic E-state index is 11.9. The highest BCUT2D eigenvalue weighted by molar-refractivity contribution is 6.01. The molecule has 0 aliphatic heterocycles. The lowest BCUT2D eigenvalue weighted by molar-refractivity contribution is -0.110. The molecule has 0 amide bonds. The van der Waals surface area contributed by atoms with E-state index in [-0.39, 0.29) is 23.2 Å². The average Bonchev–Trinajstić information content (AvgIpc) is 2.97. The van der Waals surface area contributed by atoms with Crippen LogP contribution in [0.1, 0.15) is 53.4 Å². The molecule has 0 radical (unpaired) electrons. The molecule has 4 aliphatic carbocycles. The highest BCUT2D eigenvalue weighted by Gasteiger charge is 2.58. The van der Waals surface area contributed by atoms with Gasteiger partial charge in [-0.3, -0.25) is 4.79 Å². The van der Waals surface area contributed by atoms with Gasteiger partial charge in [-0.1, -0.05) is 43.7 Å². The molecule has 2 fully saturated rings. The Hall–Kier alpha value is -2.10. The van der Waals surface area contributed by atoms with Crippen molar-refractivity contribution in [1.29, 1.82) is 0 Å². The van der Waals surface area contributed by atoms with Gasteiger partial charge in [0.25, 0.3) is 0 Å². The summed E-state index contributed by atoms with van der Waals surface area (Å²) in [6.07, 6.45) is 11.9. The Labute approximate surface area is 180 Å². The van der Waals surface area contributed by atoms with Crippen LogP contribution in [-0.4, -0.2) is 25.2 Å². The highest BCUT2D eigenvalue weighted by Crippen LogP contribution is 2.66. The number of ether oxygens (including phenoxy) is 2. The molecule has 0 saturated heterocycles. The first kappa shape index (κ1) is 21.1. The summed E-state index contributed by atoms with van der Waals surface area (Å²) in [4.78, 5) is 23.6. The van der Waals surface area contributed by atoms with Crippen molar-refractivity contribution in [2.75, 3.05) is 13.2 Å². The van der Waals surface area contributed by atoms with E-state index in [0.717, 1.165) is 24.8 Å². The summed E-state index contributed by atoms with van der Waals surface area (Å²) < 4.78 is 10.2. The van der Waals surface area contributed by atoms with Crippen molar-refractivity contribution in [2.45, 2.75) is 53.4 Å². The van der Waals surface area contributed by atoms with E-state index in [9.17, 15) is 9.59 Å². The van der Waals surface area contributed by atoms with Crippen LogP contribution in [0.5, 0.6) is 0 Å². The number of carbonyl (C=O) groups excluding carboxylic acids is 2. The second-order valence-electron chi connectivity index (χ2n) is 10.0. The quantitative estimate of drug-likeness (QED) is 0.434. The fraction of sp³-hybridized carbons (Fsp3) is 0.615. The molecule has 30 heavy (non-hydrogen) atoms. The molecule has 4 nitrogen and oxygen atoms in total. The minimum absolute atomic E-state index is 0.108. The number of ketones is 1. The van der Waals surface area contributed by atoms with E-state index in [4.69, 9.17) is 9.47 Å². The van der Waals surface area contributed by atoms with Gasteiger partial charge in [0.2, 0.25) is 0 Å². The molecular weight excluding hydrogens is 376 g/mol. The smallest absolute Gasteiger partial charge is 0.435 e. The van der Waals surface area contributed by atoms with Crippen LogP contribution in [-0.2, 0) is 14.3 Å². The highest BCUT2D eigenvalue weighted by atomic mass is 16.7. The molecule has 162 valence electrons. The molecule has 4 rings (SSSR count). The fourth-order valence-electron chi connectivity index (χ4n) is 7.16. The molecule has 6 atom stereocenters. The normalized spacial score (nSPS) is 39.3. The van der Waals surface area contributed by atoms with Gasteiger partial charge in [0.05, 0.1) is 6.61 Å². The van der Waals surface area contributed by atoms with Crippen LogP contribution in [0.2, 0.25) is 0 Å². The van der Waals surface area contributed by atoms with Crippen molar-refractivity contribution >= 4 is 11.9 Å². The second kappa shape index (κ2) is 7.55. The number of hydrogen-bond donors (Lipinski definition) is 0. The minimum atomic E-state index is -0.616.